The molecule has 3 nitrogen and oxygen atoms in total. The Kier molecular flexibility index (Phi) is 5.76. The fourth-order valence-corrected chi connectivity index (χ4v) is 2.78. The van der Waals surface area contributed by atoms with E-state index < -0.39 is 0 Å². The first kappa shape index (κ1) is 17.2. The summed E-state index contributed by atoms with van der Waals surface area (Å²) in [6.45, 7) is 7.93. The summed E-state index contributed by atoms with van der Waals surface area (Å²) in [7, 11) is 0. The average Bonchev–Trinajstić information content (AvgIpc) is 2.60. The van der Waals surface area contributed by atoms with E-state index in [2.05, 4.69) is 32.2 Å². The third-order valence-corrected chi connectivity index (χ3v) is 4.89. The largest absolute Gasteiger partial charge is 0.401 e. The van der Waals surface area contributed by atoms with Crippen molar-refractivity contribution < 1.29 is 4.74 Å². The predicted octanol–water partition coefficient (Wildman–Crippen LogP) is 3.87. The van der Waals surface area contributed by atoms with E-state index in [1.54, 1.807) is 0 Å². The topological polar surface area (TPSA) is 47.3 Å². The minimum atomic E-state index is 0.111. The molecule has 1 saturated heterocycles. The van der Waals surface area contributed by atoms with Crippen molar-refractivity contribution in [2.45, 2.75) is 46.1 Å². The van der Waals surface area contributed by atoms with E-state index in [1.165, 1.54) is 5.56 Å². The van der Waals surface area contributed by atoms with Gasteiger partial charge in [-0.15, -0.1) is 0 Å². The van der Waals surface area contributed by atoms with Gasteiger partial charge in [-0.05, 0) is 37.8 Å². The summed E-state index contributed by atoms with van der Waals surface area (Å²) in [6.07, 6.45) is 2.78. The number of benzene rings is 1. The number of halogens is 1. The van der Waals surface area contributed by atoms with Crippen molar-refractivity contribution in [3.05, 3.63) is 46.2 Å². The van der Waals surface area contributed by atoms with Gasteiger partial charge < -0.3 is 15.8 Å². The van der Waals surface area contributed by atoms with Crippen LogP contribution in [0.5, 0.6) is 0 Å². The number of ether oxygens (including phenoxy) is 1. The second-order valence-electron chi connectivity index (χ2n) is 6.80. The van der Waals surface area contributed by atoms with Crippen LogP contribution in [0.2, 0.25) is 5.02 Å². The normalized spacial score (nSPS) is 23.5. The van der Waals surface area contributed by atoms with Gasteiger partial charge in [-0.1, -0.05) is 43.6 Å². The van der Waals surface area contributed by atoms with E-state index in [-0.39, 0.29) is 5.41 Å². The molecule has 1 aromatic rings. The van der Waals surface area contributed by atoms with E-state index in [4.69, 9.17) is 22.1 Å². The van der Waals surface area contributed by atoms with Crippen molar-refractivity contribution in [1.29, 1.82) is 0 Å². The molecule has 3 N–H and O–H groups in total. The van der Waals surface area contributed by atoms with Crippen LogP contribution in [-0.4, -0.2) is 19.3 Å². The van der Waals surface area contributed by atoms with Crippen LogP contribution in [0.1, 0.15) is 39.2 Å². The molecule has 1 aromatic carbocycles. The number of nitrogens with two attached hydrogens (primary N) is 1. The van der Waals surface area contributed by atoms with Crippen molar-refractivity contribution in [3.8, 4) is 0 Å². The molecule has 0 amide bonds. The minimum absolute atomic E-state index is 0.111. The van der Waals surface area contributed by atoms with Crippen LogP contribution in [0.3, 0.4) is 0 Å². The van der Waals surface area contributed by atoms with Gasteiger partial charge in [-0.25, -0.2) is 0 Å². The van der Waals surface area contributed by atoms with Gasteiger partial charge in [0.25, 0.3) is 0 Å². The maximum Gasteiger partial charge on any atom is 0.0880 e. The Morgan fingerprint density at radius 2 is 2.14 bits per heavy atom. The second-order valence-corrected chi connectivity index (χ2v) is 7.20. The maximum absolute atomic E-state index is 6.28. The fourth-order valence-electron chi connectivity index (χ4n) is 2.55. The Morgan fingerprint density at radius 3 is 2.86 bits per heavy atom. The zero-order chi connectivity index (χ0) is 16.2. The molecule has 1 heterocycles. The molecule has 1 aliphatic rings. The second kappa shape index (κ2) is 7.38. The first-order chi connectivity index (χ1) is 10.4. The number of aryl methyl sites for hydroxylation is 1. The van der Waals surface area contributed by atoms with Crippen LogP contribution >= 0.6 is 11.6 Å². The molecule has 4 heteroatoms. The molecule has 0 spiro atoms. The Bertz CT molecular complexity index is 540. The first-order valence-electron chi connectivity index (χ1n) is 7.95. The first-order valence-corrected chi connectivity index (χ1v) is 8.33. The van der Waals surface area contributed by atoms with Gasteiger partial charge in [0, 0.05) is 22.2 Å². The molecular weight excluding hydrogens is 296 g/mol. The molecule has 1 aliphatic heterocycles. The van der Waals surface area contributed by atoms with Crippen LogP contribution in [0.25, 0.3) is 0 Å². The van der Waals surface area contributed by atoms with Crippen LogP contribution in [0.15, 0.2) is 35.7 Å². The molecule has 1 atom stereocenters. The smallest absolute Gasteiger partial charge is 0.0880 e. The molecule has 122 valence electrons. The van der Waals surface area contributed by atoms with Gasteiger partial charge in [0.05, 0.1) is 18.9 Å². The standard InChI is InChI=1S/C18H27ClN2O/c1-13-18(2,3)12-22-11-17(21-13)16(20)10-6-8-14-7-4-5-9-15(14)19/h4-5,7,9,13,21H,6,8,10-12,20H2,1-3H3/b17-16-. The van der Waals surface area contributed by atoms with Gasteiger partial charge in [0.2, 0.25) is 0 Å². The summed E-state index contributed by atoms with van der Waals surface area (Å²) in [5, 5.41) is 4.37. The molecule has 22 heavy (non-hydrogen) atoms. The quantitative estimate of drug-likeness (QED) is 0.884. The number of nitrogens with one attached hydrogen (secondary N) is 1. The lowest BCUT2D eigenvalue weighted by Crippen LogP contribution is -2.39. The van der Waals surface area contributed by atoms with Crippen molar-refractivity contribution >= 4 is 11.6 Å². The Labute approximate surface area is 138 Å². The Balaban J connectivity index is 1.93. The molecule has 1 unspecified atom stereocenters. The summed E-state index contributed by atoms with van der Waals surface area (Å²) in [4.78, 5) is 0. The highest BCUT2D eigenvalue weighted by atomic mass is 35.5. The van der Waals surface area contributed by atoms with Crippen LogP contribution < -0.4 is 11.1 Å². The third kappa shape index (κ3) is 4.40. The minimum Gasteiger partial charge on any atom is -0.401 e. The summed E-state index contributed by atoms with van der Waals surface area (Å²) in [5.41, 5.74) is 9.51. The third-order valence-electron chi connectivity index (χ3n) is 4.52. The average molecular weight is 323 g/mol. The monoisotopic (exact) mass is 322 g/mol. The van der Waals surface area contributed by atoms with E-state index >= 15 is 0 Å². The van der Waals surface area contributed by atoms with Crippen molar-refractivity contribution in [1.82, 2.24) is 5.32 Å². The highest BCUT2D eigenvalue weighted by Gasteiger charge is 2.29. The lowest BCUT2D eigenvalue weighted by Gasteiger charge is -2.29. The van der Waals surface area contributed by atoms with E-state index in [1.807, 2.05) is 18.2 Å². The Morgan fingerprint density at radius 1 is 1.41 bits per heavy atom. The zero-order valence-corrected chi connectivity index (χ0v) is 14.5. The lowest BCUT2D eigenvalue weighted by atomic mass is 9.86. The molecule has 0 aromatic heterocycles. The molecule has 0 bridgehead atoms. The van der Waals surface area contributed by atoms with Gasteiger partial charge in [-0.2, -0.15) is 0 Å². The summed E-state index contributed by atoms with van der Waals surface area (Å²) >= 11 is 6.18. The summed E-state index contributed by atoms with van der Waals surface area (Å²) < 4.78 is 5.78. The summed E-state index contributed by atoms with van der Waals surface area (Å²) in [5.74, 6) is 0. The molecule has 0 aliphatic carbocycles. The molecule has 2 rings (SSSR count). The van der Waals surface area contributed by atoms with Crippen molar-refractivity contribution in [3.63, 3.8) is 0 Å². The maximum atomic E-state index is 6.28. The van der Waals surface area contributed by atoms with Crippen LogP contribution in [0.4, 0.5) is 0 Å². The molecule has 1 fully saturated rings. The van der Waals surface area contributed by atoms with Crippen molar-refractivity contribution in [2.75, 3.05) is 13.2 Å². The number of hydrogen-bond donors (Lipinski definition) is 2. The summed E-state index contributed by atoms with van der Waals surface area (Å²) in [6, 6.07) is 8.32. The number of hydrogen-bond acceptors (Lipinski definition) is 3. The number of allylic oxidation sites excluding steroid dienone is 1. The predicted molar refractivity (Wildman–Crippen MR) is 92.8 cm³/mol. The van der Waals surface area contributed by atoms with Crippen molar-refractivity contribution in [2.24, 2.45) is 11.1 Å². The van der Waals surface area contributed by atoms with Gasteiger partial charge in [0.15, 0.2) is 0 Å². The SMILES string of the molecule is CC1N/C(=C(\N)CCCc2ccccc2Cl)COCC1(C)C. The molecule has 0 radical (unpaired) electrons. The number of rotatable bonds is 4. The zero-order valence-electron chi connectivity index (χ0n) is 13.8. The molecule has 0 saturated carbocycles. The van der Waals surface area contributed by atoms with Gasteiger partial charge >= 0.3 is 0 Å². The van der Waals surface area contributed by atoms with E-state index in [9.17, 15) is 0 Å². The van der Waals surface area contributed by atoms with Gasteiger partial charge in [-0.3, -0.25) is 0 Å². The van der Waals surface area contributed by atoms with Crippen LogP contribution in [-0.2, 0) is 11.2 Å². The Hall–Kier alpha value is -1.19. The fraction of sp³-hybridized carbons (Fsp3) is 0.556. The van der Waals surface area contributed by atoms with Gasteiger partial charge in [0.1, 0.15) is 0 Å². The lowest BCUT2D eigenvalue weighted by molar-refractivity contribution is 0.0802. The van der Waals surface area contributed by atoms with Crippen LogP contribution in [0, 0.1) is 5.41 Å². The van der Waals surface area contributed by atoms with E-state index in [0.717, 1.165) is 42.3 Å². The van der Waals surface area contributed by atoms with E-state index in [0.29, 0.717) is 12.6 Å². The highest BCUT2D eigenvalue weighted by molar-refractivity contribution is 6.31. The molecular formula is C18H27ClN2O. The highest BCUT2D eigenvalue weighted by Crippen LogP contribution is 2.25.